The smallest absolute Gasteiger partial charge is 0.231 e. The third kappa shape index (κ3) is 3.55. The van der Waals surface area contributed by atoms with Gasteiger partial charge in [0, 0.05) is 12.1 Å². The van der Waals surface area contributed by atoms with E-state index >= 15 is 0 Å². The van der Waals surface area contributed by atoms with Crippen LogP contribution in [-0.2, 0) is 11.3 Å². The molecule has 0 fully saturated rings. The number of amides is 1. The highest BCUT2D eigenvalue weighted by Gasteiger charge is 2.14. The van der Waals surface area contributed by atoms with Crippen molar-refractivity contribution in [3.63, 3.8) is 0 Å². The first kappa shape index (κ1) is 13.1. The minimum absolute atomic E-state index is 0.0602. The van der Waals surface area contributed by atoms with Crippen molar-refractivity contribution in [1.82, 2.24) is 0 Å². The number of hydrogen-bond acceptors (Lipinski definition) is 1. The quantitative estimate of drug-likeness (QED) is 0.740. The van der Waals surface area contributed by atoms with Crippen LogP contribution >= 0.6 is 0 Å². The van der Waals surface area contributed by atoms with Gasteiger partial charge in [-0.25, -0.2) is 0 Å². The summed E-state index contributed by atoms with van der Waals surface area (Å²) in [7, 11) is 0. The molecule has 0 aliphatic carbocycles. The van der Waals surface area contributed by atoms with Gasteiger partial charge < -0.3 is 4.90 Å². The summed E-state index contributed by atoms with van der Waals surface area (Å²) in [5.41, 5.74) is 2.03. The molecule has 0 saturated heterocycles. The predicted molar refractivity (Wildman–Crippen MR) is 78.9 cm³/mol. The summed E-state index contributed by atoms with van der Waals surface area (Å²) < 4.78 is 0. The van der Waals surface area contributed by atoms with Gasteiger partial charge in [0.25, 0.3) is 0 Å². The molecule has 0 atom stereocenters. The topological polar surface area (TPSA) is 20.3 Å². The Morgan fingerprint density at radius 3 is 2.16 bits per heavy atom. The second kappa shape index (κ2) is 6.55. The maximum absolute atomic E-state index is 12.2. The third-order valence-electron chi connectivity index (χ3n) is 2.87. The molecule has 96 valence electrons. The minimum atomic E-state index is 0.0602. The van der Waals surface area contributed by atoms with Crippen molar-refractivity contribution in [3.8, 4) is 0 Å². The zero-order valence-electron chi connectivity index (χ0n) is 10.8. The van der Waals surface area contributed by atoms with E-state index in [0.717, 1.165) is 11.3 Å². The monoisotopic (exact) mass is 251 g/mol. The standard InChI is InChI=1S/C17H17NO/c1-2-9-17(19)18(16-12-7-4-8-13-16)14-15-10-5-3-6-11-15/h2-8,10-13H,1,9,14H2. The van der Waals surface area contributed by atoms with E-state index in [2.05, 4.69) is 6.58 Å². The summed E-state index contributed by atoms with van der Waals surface area (Å²) in [6.45, 7) is 4.22. The molecule has 0 saturated carbocycles. The Morgan fingerprint density at radius 2 is 1.58 bits per heavy atom. The van der Waals surface area contributed by atoms with Gasteiger partial charge in [0.15, 0.2) is 0 Å². The van der Waals surface area contributed by atoms with Crippen LogP contribution in [0.3, 0.4) is 0 Å². The molecule has 2 aromatic carbocycles. The van der Waals surface area contributed by atoms with E-state index in [9.17, 15) is 4.79 Å². The average Bonchev–Trinajstić information content (AvgIpc) is 2.47. The van der Waals surface area contributed by atoms with Gasteiger partial charge in [0.1, 0.15) is 0 Å². The zero-order chi connectivity index (χ0) is 13.5. The SMILES string of the molecule is C=CCC(=O)N(Cc1ccccc1)c1ccccc1. The second-order valence-electron chi connectivity index (χ2n) is 4.29. The Labute approximate surface area is 114 Å². The number of rotatable bonds is 5. The lowest BCUT2D eigenvalue weighted by molar-refractivity contribution is -0.117. The van der Waals surface area contributed by atoms with Crippen molar-refractivity contribution < 1.29 is 4.79 Å². The van der Waals surface area contributed by atoms with Gasteiger partial charge in [-0.1, -0.05) is 54.6 Å². The van der Waals surface area contributed by atoms with E-state index in [0.29, 0.717) is 13.0 Å². The highest BCUT2D eigenvalue weighted by atomic mass is 16.2. The number of para-hydroxylation sites is 1. The number of carbonyl (C=O) groups excluding carboxylic acids is 1. The molecule has 0 spiro atoms. The van der Waals surface area contributed by atoms with E-state index < -0.39 is 0 Å². The van der Waals surface area contributed by atoms with Crippen molar-refractivity contribution in [2.75, 3.05) is 4.90 Å². The van der Waals surface area contributed by atoms with Crippen LogP contribution in [0.4, 0.5) is 5.69 Å². The fourth-order valence-corrected chi connectivity index (χ4v) is 1.93. The van der Waals surface area contributed by atoms with Gasteiger partial charge in [-0.3, -0.25) is 4.79 Å². The molecule has 19 heavy (non-hydrogen) atoms. The molecular weight excluding hydrogens is 234 g/mol. The number of carbonyl (C=O) groups is 1. The molecule has 2 nitrogen and oxygen atoms in total. The average molecular weight is 251 g/mol. The maximum Gasteiger partial charge on any atom is 0.231 e. The summed E-state index contributed by atoms with van der Waals surface area (Å²) in [5, 5.41) is 0. The molecule has 0 bridgehead atoms. The molecule has 0 unspecified atom stereocenters. The Hall–Kier alpha value is -2.35. The Bertz CT molecular complexity index is 534. The summed E-state index contributed by atoms with van der Waals surface area (Å²) >= 11 is 0. The maximum atomic E-state index is 12.2. The predicted octanol–water partition coefficient (Wildman–Crippen LogP) is 3.80. The van der Waals surface area contributed by atoms with Crippen LogP contribution in [0, 0.1) is 0 Å². The van der Waals surface area contributed by atoms with E-state index in [4.69, 9.17) is 0 Å². The van der Waals surface area contributed by atoms with Crippen molar-refractivity contribution in [3.05, 3.63) is 78.9 Å². The molecule has 0 N–H and O–H groups in total. The van der Waals surface area contributed by atoms with Crippen LogP contribution in [0.2, 0.25) is 0 Å². The van der Waals surface area contributed by atoms with Crippen molar-refractivity contribution in [2.24, 2.45) is 0 Å². The highest BCUT2D eigenvalue weighted by molar-refractivity contribution is 5.94. The normalized spacial score (nSPS) is 9.89. The molecule has 2 heteroatoms. The number of hydrogen-bond donors (Lipinski definition) is 0. The van der Waals surface area contributed by atoms with Crippen LogP contribution in [0.25, 0.3) is 0 Å². The molecule has 2 rings (SSSR count). The zero-order valence-corrected chi connectivity index (χ0v) is 10.8. The van der Waals surface area contributed by atoms with Crippen LogP contribution in [0.5, 0.6) is 0 Å². The fraction of sp³-hybridized carbons (Fsp3) is 0.118. The van der Waals surface area contributed by atoms with Gasteiger partial charge in [0.2, 0.25) is 5.91 Å². The molecule has 0 aliphatic rings. The molecule has 0 aliphatic heterocycles. The lowest BCUT2D eigenvalue weighted by Gasteiger charge is -2.22. The lowest BCUT2D eigenvalue weighted by atomic mass is 10.2. The van der Waals surface area contributed by atoms with Crippen molar-refractivity contribution in [1.29, 1.82) is 0 Å². The minimum Gasteiger partial charge on any atom is -0.308 e. The number of anilines is 1. The van der Waals surface area contributed by atoms with E-state index in [1.54, 1.807) is 11.0 Å². The Balaban J connectivity index is 2.25. The lowest BCUT2D eigenvalue weighted by Crippen LogP contribution is -2.29. The van der Waals surface area contributed by atoms with Gasteiger partial charge in [-0.2, -0.15) is 0 Å². The van der Waals surface area contributed by atoms with Crippen LogP contribution < -0.4 is 4.90 Å². The van der Waals surface area contributed by atoms with Crippen LogP contribution in [-0.4, -0.2) is 5.91 Å². The third-order valence-corrected chi connectivity index (χ3v) is 2.87. The first-order valence-electron chi connectivity index (χ1n) is 6.31. The van der Waals surface area contributed by atoms with Crippen molar-refractivity contribution >= 4 is 11.6 Å². The first-order valence-corrected chi connectivity index (χ1v) is 6.31. The molecule has 0 aromatic heterocycles. The van der Waals surface area contributed by atoms with Gasteiger partial charge in [0.05, 0.1) is 6.54 Å². The molecule has 2 aromatic rings. The van der Waals surface area contributed by atoms with Crippen molar-refractivity contribution in [2.45, 2.75) is 13.0 Å². The largest absolute Gasteiger partial charge is 0.308 e. The number of nitrogens with zero attached hydrogens (tertiary/aromatic N) is 1. The van der Waals surface area contributed by atoms with Gasteiger partial charge in [-0.15, -0.1) is 6.58 Å². The summed E-state index contributed by atoms with van der Waals surface area (Å²) in [5.74, 6) is 0.0602. The summed E-state index contributed by atoms with van der Waals surface area (Å²) in [6, 6.07) is 19.7. The summed E-state index contributed by atoms with van der Waals surface area (Å²) in [4.78, 5) is 14.0. The Kier molecular flexibility index (Phi) is 4.51. The molecule has 0 heterocycles. The van der Waals surface area contributed by atoms with E-state index in [1.165, 1.54) is 0 Å². The van der Waals surface area contributed by atoms with E-state index in [1.807, 2.05) is 60.7 Å². The molecule has 0 radical (unpaired) electrons. The fourth-order valence-electron chi connectivity index (χ4n) is 1.93. The molecule has 1 amide bonds. The number of benzene rings is 2. The second-order valence-corrected chi connectivity index (χ2v) is 4.29. The van der Waals surface area contributed by atoms with Gasteiger partial charge in [-0.05, 0) is 17.7 Å². The molecular formula is C17H17NO. The highest BCUT2D eigenvalue weighted by Crippen LogP contribution is 2.18. The summed E-state index contributed by atoms with van der Waals surface area (Å²) in [6.07, 6.45) is 1.99. The Morgan fingerprint density at radius 1 is 1.00 bits per heavy atom. The van der Waals surface area contributed by atoms with Crippen LogP contribution in [0.15, 0.2) is 73.3 Å². The van der Waals surface area contributed by atoms with Gasteiger partial charge >= 0.3 is 0 Å². The first-order chi connectivity index (χ1) is 9.31. The van der Waals surface area contributed by atoms with E-state index in [-0.39, 0.29) is 5.91 Å². The van der Waals surface area contributed by atoms with Crippen LogP contribution in [0.1, 0.15) is 12.0 Å².